The molecule has 2 heterocycles. The van der Waals surface area contributed by atoms with E-state index < -0.39 is 0 Å². The van der Waals surface area contributed by atoms with Gasteiger partial charge >= 0.3 is 0 Å². The number of furan rings is 1. The second kappa shape index (κ2) is 5.89. The molecule has 0 saturated heterocycles. The summed E-state index contributed by atoms with van der Waals surface area (Å²) in [5.74, 6) is 0.790. The van der Waals surface area contributed by atoms with Gasteiger partial charge in [-0.05, 0) is 37.6 Å². The summed E-state index contributed by atoms with van der Waals surface area (Å²) >= 11 is 1.40. The van der Waals surface area contributed by atoms with Gasteiger partial charge in [0.25, 0.3) is 5.91 Å². The molecule has 0 aliphatic heterocycles. The summed E-state index contributed by atoms with van der Waals surface area (Å²) in [6.45, 7) is 3.86. The lowest BCUT2D eigenvalue weighted by Crippen LogP contribution is -2.11. The molecule has 0 aliphatic carbocycles. The number of aryl methyl sites for hydroxylation is 2. The molecule has 1 N–H and O–H groups in total. The summed E-state index contributed by atoms with van der Waals surface area (Å²) in [7, 11) is 1.62. The number of carbonyl (C=O) groups excluding carboxylic acids is 1. The minimum absolute atomic E-state index is 0.292. The standard InChI is InChI=1S/C19H16N2O3S/c1-10-5-4-6-13-11(2)17(24-16(10)13)18(22)21-19-20-14-8-7-12(23-3)9-15(14)25-19/h4-9H,1-3H3,(H,20,21,22). The highest BCUT2D eigenvalue weighted by molar-refractivity contribution is 7.22. The molecule has 0 saturated carbocycles. The predicted octanol–water partition coefficient (Wildman–Crippen LogP) is 4.92. The quantitative estimate of drug-likeness (QED) is 0.568. The Morgan fingerprint density at radius 2 is 2.08 bits per heavy atom. The average Bonchev–Trinajstić information content (AvgIpc) is 3.16. The van der Waals surface area contributed by atoms with Crippen LogP contribution in [-0.2, 0) is 0 Å². The van der Waals surface area contributed by atoms with Gasteiger partial charge in [-0.3, -0.25) is 10.1 Å². The molecule has 25 heavy (non-hydrogen) atoms. The van der Waals surface area contributed by atoms with Crippen LogP contribution in [0, 0.1) is 13.8 Å². The maximum atomic E-state index is 12.7. The van der Waals surface area contributed by atoms with Crippen molar-refractivity contribution in [3.8, 4) is 5.75 Å². The van der Waals surface area contributed by atoms with Crippen LogP contribution in [0.1, 0.15) is 21.7 Å². The third-order valence-electron chi connectivity index (χ3n) is 4.18. The average molecular weight is 352 g/mol. The van der Waals surface area contributed by atoms with E-state index in [4.69, 9.17) is 9.15 Å². The summed E-state index contributed by atoms with van der Waals surface area (Å²) in [4.78, 5) is 17.1. The van der Waals surface area contributed by atoms with E-state index in [2.05, 4.69) is 10.3 Å². The molecule has 4 aromatic rings. The molecule has 0 fully saturated rings. The molecule has 1 amide bonds. The van der Waals surface area contributed by atoms with Crippen molar-refractivity contribution < 1.29 is 13.9 Å². The highest BCUT2D eigenvalue weighted by Crippen LogP contribution is 2.31. The number of aromatic nitrogens is 1. The monoisotopic (exact) mass is 352 g/mol. The predicted molar refractivity (Wildman–Crippen MR) is 99.8 cm³/mol. The van der Waals surface area contributed by atoms with Gasteiger partial charge in [0.05, 0.1) is 17.3 Å². The number of nitrogens with one attached hydrogen (secondary N) is 1. The van der Waals surface area contributed by atoms with Gasteiger partial charge in [-0.1, -0.05) is 29.5 Å². The summed E-state index contributed by atoms with van der Waals surface area (Å²) in [5.41, 5.74) is 3.41. The van der Waals surface area contributed by atoms with Crippen molar-refractivity contribution >= 4 is 43.6 Å². The van der Waals surface area contributed by atoms with Crippen LogP contribution < -0.4 is 10.1 Å². The number of fused-ring (bicyclic) bond motifs is 2. The number of nitrogens with zero attached hydrogens (tertiary/aromatic N) is 1. The Kier molecular flexibility index (Phi) is 3.69. The molecule has 126 valence electrons. The van der Waals surface area contributed by atoms with E-state index >= 15 is 0 Å². The highest BCUT2D eigenvalue weighted by Gasteiger charge is 2.19. The van der Waals surface area contributed by atoms with Crippen LogP contribution >= 0.6 is 11.3 Å². The van der Waals surface area contributed by atoms with Crippen molar-refractivity contribution in [3.05, 3.63) is 53.3 Å². The van der Waals surface area contributed by atoms with Crippen LogP contribution in [0.2, 0.25) is 0 Å². The zero-order valence-electron chi connectivity index (χ0n) is 14.0. The van der Waals surface area contributed by atoms with Gasteiger partial charge in [0.1, 0.15) is 11.3 Å². The number of ether oxygens (including phenoxy) is 1. The Balaban J connectivity index is 1.68. The lowest BCUT2D eigenvalue weighted by Gasteiger charge is -1.98. The third kappa shape index (κ3) is 2.64. The fraction of sp³-hybridized carbons (Fsp3) is 0.158. The molecular formula is C19H16N2O3S. The molecule has 0 bridgehead atoms. The van der Waals surface area contributed by atoms with Crippen LogP contribution in [0.15, 0.2) is 40.8 Å². The number of benzene rings is 2. The molecule has 5 nitrogen and oxygen atoms in total. The van der Waals surface area contributed by atoms with E-state index in [1.807, 2.05) is 50.2 Å². The number of methoxy groups -OCH3 is 1. The molecule has 0 radical (unpaired) electrons. The van der Waals surface area contributed by atoms with Crippen molar-refractivity contribution in [2.24, 2.45) is 0 Å². The zero-order valence-corrected chi connectivity index (χ0v) is 14.9. The number of rotatable bonds is 3. The largest absolute Gasteiger partial charge is 0.497 e. The minimum atomic E-state index is -0.292. The third-order valence-corrected chi connectivity index (χ3v) is 5.12. The van der Waals surface area contributed by atoms with Gasteiger partial charge in [-0.2, -0.15) is 0 Å². The first kappa shape index (κ1) is 15.7. The number of hydrogen-bond acceptors (Lipinski definition) is 5. The number of amides is 1. The van der Waals surface area contributed by atoms with E-state index in [1.165, 1.54) is 11.3 Å². The highest BCUT2D eigenvalue weighted by atomic mass is 32.1. The molecular weight excluding hydrogens is 336 g/mol. The van der Waals surface area contributed by atoms with Crippen LogP contribution in [-0.4, -0.2) is 18.0 Å². The molecule has 0 atom stereocenters. The van der Waals surface area contributed by atoms with Gasteiger partial charge in [0, 0.05) is 10.9 Å². The van der Waals surface area contributed by atoms with E-state index in [9.17, 15) is 4.79 Å². The smallest absolute Gasteiger partial charge is 0.293 e. The zero-order chi connectivity index (χ0) is 17.6. The molecule has 2 aromatic carbocycles. The van der Waals surface area contributed by atoms with Crippen LogP contribution in [0.3, 0.4) is 0 Å². The molecule has 4 rings (SSSR count). The summed E-state index contributed by atoms with van der Waals surface area (Å²) < 4.78 is 12.0. The summed E-state index contributed by atoms with van der Waals surface area (Å²) in [6, 6.07) is 11.5. The van der Waals surface area contributed by atoms with Crippen LogP contribution in [0.25, 0.3) is 21.2 Å². The Labute approximate surface area is 148 Å². The Bertz CT molecular complexity index is 1110. The number of carbonyl (C=O) groups is 1. The first-order valence-electron chi connectivity index (χ1n) is 7.81. The fourth-order valence-electron chi connectivity index (χ4n) is 2.84. The van der Waals surface area contributed by atoms with Crippen molar-refractivity contribution in [1.29, 1.82) is 0 Å². The van der Waals surface area contributed by atoms with Gasteiger partial charge in [0.2, 0.25) is 0 Å². The maximum Gasteiger partial charge on any atom is 0.293 e. The van der Waals surface area contributed by atoms with E-state index in [1.54, 1.807) is 7.11 Å². The van der Waals surface area contributed by atoms with E-state index in [-0.39, 0.29) is 5.91 Å². The molecule has 0 spiro atoms. The Morgan fingerprint density at radius 3 is 2.84 bits per heavy atom. The SMILES string of the molecule is COc1ccc2nc(NC(=O)c3oc4c(C)cccc4c3C)sc2c1. The number of anilines is 1. The number of thiazole rings is 1. The fourth-order valence-corrected chi connectivity index (χ4v) is 3.73. The van der Waals surface area contributed by atoms with Gasteiger partial charge in [0.15, 0.2) is 10.9 Å². The van der Waals surface area contributed by atoms with Crippen LogP contribution in [0.4, 0.5) is 5.13 Å². The molecule has 0 unspecified atom stereocenters. The van der Waals surface area contributed by atoms with E-state index in [0.717, 1.165) is 38.1 Å². The Hall–Kier alpha value is -2.86. The normalized spacial score (nSPS) is 11.2. The van der Waals surface area contributed by atoms with Crippen LogP contribution in [0.5, 0.6) is 5.75 Å². The van der Waals surface area contributed by atoms with Gasteiger partial charge in [-0.25, -0.2) is 4.98 Å². The van der Waals surface area contributed by atoms with Crippen molar-refractivity contribution in [1.82, 2.24) is 4.98 Å². The summed E-state index contributed by atoms with van der Waals surface area (Å²) in [5, 5.41) is 4.33. The van der Waals surface area contributed by atoms with Gasteiger partial charge in [-0.15, -0.1) is 0 Å². The minimum Gasteiger partial charge on any atom is -0.497 e. The number of para-hydroxylation sites is 1. The lowest BCUT2D eigenvalue weighted by molar-refractivity contribution is 0.0998. The molecule has 2 aromatic heterocycles. The molecule has 6 heteroatoms. The van der Waals surface area contributed by atoms with Crippen molar-refractivity contribution in [2.45, 2.75) is 13.8 Å². The second-order valence-corrected chi connectivity index (χ2v) is 6.85. The first-order chi connectivity index (χ1) is 12.1. The Morgan fingerprint density at radius 1 is 1.24 bits per heavy atom. The number of hydrogen-bond donors (Lipinski definition) is 1. The van der Waals surface area contributed by atoms with Gasteiger partial charge < -0.3 is 9.15 Å². The van der Waals surface area contributed by atoms with Crippen molar-refractivity contribution in [3.63, 3.8) is 0 Å². The van der Waals surface area contributed by atoms with Crippen molar-refractivity contribution in [2.75, 3.05) is 12.4 Å². The maximum absolute atomic E-state index is 12.7. The second-order valence-electron chi connectivity index (χ2n) is 5.81. The topological polar surface area (TPSA) is 64.4 Å². The first-order valence-corrected chi connectivity index (χ1v) is 8.63. The lowest BCUT2D eigenvalue weighted by atomic mass is 10.1. The molecule has 0 aliphatic rings. The summed E-state index contributed by atoms with van der Waals surface area (Å²) in [6.07, 6.45) is 0. The van der Waals surface area contributed by atoms with E-state index in [0.29, 0.717) is 10.9 Å².